The molecule has 0 heterocycles. The number of halogens is 1. The van der Waals surface area contributed by atoms with Gasteiger partial charge in [0.1, 0.15) is 12.4 Å². The van der Waals surface area contributed by atoms with Gasteiger partial charge in [-0.05, 0) is 59.7 Å². The summed E-state index contributed by atoms with van der Waals surface area (Å²) in [4.78, 5) is 11.1. The van der Waals surface area contributed by atoms with E-state index in [0.717, 1.165) is 22.2 Å². The fourth-order valence-corrected chi connectivity index (χ4v) is 4.14. The van der Waals surface area contributed by atoms with Crippen LogP contribution in [0.3, 0.4) is 0 Å². The number of hydrogen-bond acceptors (Lipinski definition) is 2. The number of hydrogen-bond donors (Lipinski definition) is 1. The molecule has 3 unspecified atom stereocenters. The first kappa shape index (κ1) is 14.8. The second kappa shape index (κ2) is 5.38. The van der Waals surface area contributed by atoms with Crippen LogP contribution in [0.1, 0.15) is 28.2 Å². The molecule has 0 spiro atoms. The predicted octanol–water partition coefficient (Wildman–Crippen LogP) is 4.31. The number of carbonyl (C=O) groups is 1. The summed E-state index contributed by atoms with van der Waals surface area (Å²) in [5, 5.41) is 9.16. The fraction of sp³-hybridized carbons (Fsp3) is 0.316. The minimum Gasteiger partial charge on any atom is -0.489 e. The first-order valence-electron chi connectivity index (χ1n) is 7.78. The Bertz CT molecular complexity index is 799. The maximum Gasteiger partial charge on any atom is 0.307 e. The van der Waals surface area contributed by atoms with Crippen molar-refractivity contribution in [3.63, 3.8) is 0 Å². The van der Waals surface area contributed by atoms with Crippen LogP contribution in [0.2, 0.25) is 0 Å². The van der Waals surface area contributed by atoms with Gasteiger partial charge in [-0.25, -0.2) is 0 Å². The Morgan fingerprint density at radius 3 is 2.87 bits per heavy atom. The zero-order valence-electron chi connectivity index (χ0n) is 12.8. The molecule has 1 saturated carbocycles. The van der Waals surface area contributed by atoms with Crippen molar-refractivity contribution < 1.29 is 14.6 Å². The van der Waals surface area contributed by atoms with Crippen molar-refractivity contribution in [2.24, 2.45) is 11.8 Å². The quantitative estimate of drug-likeness (QED) is 0.869. The van der Waals surface area contributed by atoms with Crippen LogP contribution in [0, 0.1) is 18.8 Å². The highest BCUT2D eigenvalue weighted by molar-refractivity contribution is 9.10. The minimum atomic E-state index is -0.657. The first-order chi connectivity index (χ1) is 11.0. The van der Waals surface area contributed by atoms with Crippen LogP contribution in [-0.2, 0) is 17.8 Å². The van der Waals surface area contributed by atoms with E-state index in [1.54, 1.807) is 0 Å². The van der Waals surface area contributed by atoms with E-state index in [2.05, 4.69) is 47.1 Å². The monoisotopic (exact) mass is 372 g/mol. The van der Waals surface area contributed by atoms with Gasteiger partial charge < -0.3 is 9.84 Å². The molecule has 3 atom stereocenters. The van der Waals surface area contributed by atoms with Gasteiger partial charge in [-0.15, -0.1) is 0 Å². The number of aryl methyl sites for hydroxylation is 1. The minimum absolute atomic E-state index is 0.167. The van der Waals surface area contributed by atoms with Gasteiger partial charge in [-0.3, -0.25) is 4.79 Å². The summed E-state index contributed by atoms with van der Waals surface area (Å²) in [7, 11) is 0. The van der Waals surface area contributed by atoms with Crippen molar-refractivity contribution >= 4 is 21.9 Å². The Balaban J connectivity index is 1.46. The van der Waals surface area contributed by atoms with Gasteiger partial charge in [-0.1, -0.05) is 34.1 Å². The third-order valence-corrected chi connectivity index (χ3v) is 5.88. The Labute approximate surface area is 143 Å². The van der Waals surface area contributed by atoms with Crippen molar-refractivity contribution in [3.05, 3.63) is 63.1 Å². The Morgan fingerprint density at radius 1 is 1.30 bits per heavy atom. The van der Waals surface area contributed by atoms with Crippen molar-refractivity contribution in [2.75, 3.05) is 0 Å². The van der Waals surface area contributed by atoms with E-state index in [4.69, 9.17) is 9.84 Å². The Morgan fingerprint density at radius 2 is 2.13 bits per heavy atom. The molecule has 0 bridgehead atoms. The Hall–Kier alpha value is -1.81. The van der Waals surface area contributed by atoms with Crippen molar-refractivity contribution in [1.82, 2.24) is 0 Å². The topological polar surface area (TPSA) is 46.5 Å². The standard InChI is InChI=1S/C19H17BrO3/c1-10-2-3-11(6-16(10)20)9-23-13-4-5-14-12(7-13)8-15-17(14)18(15)19(21)22/h2-7,15,17-18H,8-9H2,1H3,(H,21,22). The van der Waals surface area contributed by atoms with Crippen LogP contribution in [0.5, 0.6) is 5.75 Å². The first-order valence-corrected chi connectivity index (χ1v) is 8.57. The second-order valence-corrected chi connectivity index (χ2v) is 7.34. The second-order valence-electron chi connectivity index (χ2n) is 6.49. The van der Waals surface area contributed by atoms with Crippen LogP contribution >= 0.6 is 15.9 Å². The van der Waals surface area contributed by atoms with Crippen molar-refractivity contribution in [1.29, 1.82) is 0 Å². The van der Waals surface area contributed by atoms with Crippen molar-refractivity contribution in [2.45, 2.75) is 25.9 Å². The molecule has 2 aromatic rings. The van der Waals surface area contributed by atoms with E-state index >= 15 is 0 Å². The number of aliphatic carboxylic acids is 1. The van der Waals surface area contributed by atoms with E-state index < -0.39 is 5.97 Å². The molecule has 118 valence electrons. The summed E-state index contributed by atoms with van der Waals surface area (Å²) >= 11 is 3.54. The lowest BCUT2D eigenvalue weighted by Crippen LogP contribution is -2.05. The smallest absolute Gasteiger partial charge is 0.307 e. The van der Waals surface area contributed by atoms with Crippen LogP contribution in [0.15, 0.2) is 40.9 Å². The van der Waals surface area contributed by atoms with Crippen molar-refractivity contribution in [3.8, 4) is 5.75 Å². The van der Waals surface area contributed by atoms with Crippen LogP contribution in [-0.4, -0.2) is 11.1 Å². The molecule has 3 nitrogen and oxygen atoms in total. The predicted molar refractivity (Wildman–Crippen MR) is 90.7 cm³/mol. The number of benzene rings is 2. The van der Waals surface area contributed by atoms with Gasteiger partial charge in [0.25, 0.3) is 0 Å². The van der Waals surface area contributed by atoms with Gasteiger partial charge in [0.2, 0.25) is 0 Å². The molecule has 0 amide bonds. The Kier molecular flexibility index (Phi) is 3.45. The molecule has 0 radical (unpaired) electrons. The summed E-state index contributed by atoms with van der Waals surface area (Å²) in [5.41, 5.74) is 4.78. The highest BCUT2D eigenvalue weighted by Crippen LogP contribution is 2.61. The molecule has 1 fully saturated rings. The third-order valence-electron chi connectivity index (χ3n) is 5.02. The number of fused-ring (bicyclic) bond motifs is 3. The fourth-order valence-electron chi connectivity index (χ4n) is 3.71. The number of carboxylic acids is 1. The average Bonchev–Trinajstić information content (AvgIpc) is 3.12. The molecule has 0 aliphatic heterocycles. The summed E-state index contributed by atoms with van der Waals surface area (Å²) in [6, 6.07) is 12.3. The van der Waals surface area contributed by atoms with E-state index in [-0.39, 0.29) is 11.8 Å². The SMILES string of the molecule is Cc1ccc(COc2ccc3c(c2)CC2C(C(=O)O)C32)cc1Br. The van der Waals surface area contributed by atoms with Gasteiger partial charge in [-0.2, -0.15) is 0 Å². The lowest BCUT2D eigenvalue weighted by molar-refractivity contribution is -0.139. The maximum absolute atomic E-state index is 11.1. The molecular formula is C19H17BrO3. The van der Waals surface area contributed by atoms with Crippen LogP contribution < -0.4 is 4.74 Å². The van der Waals surface area contributed by atoms with Gasteiger partial charge in [0.15, 0.2) is 0 Å². The molecule has 0 aromatic heterocycles. The number of ether oxygens (including phenoxy) is 1. The largest absolute Gasteiger partial charge is 0.489 e. The molecular weight excluding hydrogens is 356 g/mol. The molecule has 1 N–H and O–H groups in total. The number of carboxylic acid groups (broad SMARTS) is 1. The van der Waals surface area contributed by atoms with E-state index in [0.29, 0.717) is 12.5 Å². The van der Waals surface area contributed by atoms with E-state index in [1.807, 2.05) is 12.1 Å². The van der Waals surface area contributed by atoms with Gasteiger partial charge in [0, 0.05) is 10.4 Å². The molecule has 2 aliphatic carbocycles. The average molecular weight is 373 g/mol. The van der Waals surface area contributed by atoms with Crippen LogP contribution in [0.25, 0.3) is 0 Å². The van der Waals surface area contributed by atoms with Crippen LogP contribution in [0.4, 0.5) is 0 Å². The lowest BCUT2D eigenvalue weighted by Gasteiger charge is -2.11. The zero-order valence-corrected chi connectivity index (χ0v) is 14.3. The molecule has 4 heteroatoms. The van der Waals surface area contributed by atoms with Gasteiger partial charge in [0.05, 0.1) is 5.92 Å². The summed E-state index contributed by atoms with van der Waals surface area (Å²) in [6.07, 6.45) is 0.865. The highest BCUT2D eigenvalue weighted by atomic mass is 79.9. The highest BCUT2D eigenvalue weighted by Gasteiger charge is 2.59. The maximum atomic E-state index is 11.1. The van der Waals surface area contributed by atoms with Gasteiger partial charge >= 0.3 is 5.97 Å². The number of rotatable bonds is 4. The normalized spacial score (nSPS) is 24.0. The van der Waals surface area contributed by atoms with E-state index in [1.165, 1.54) is 16.7 Å². The molecule has 23 heavy (non-hydrogen) atoms. The third kappa shape index (κ3) is 2.55. The molecule has 2 aliphatic rings. The molecule has 4 rings (SSSR count). The zero-order chi connectivity index (χ0) is 16.1. The summed E-state index contributed by atoms with van der Waals surface area (Å²) in [6.45, 7) is 2.59. The molecule has 2 aromatic carbocycles. The molecule has 0 saturated heterocycles. The van der Waals surface area contributed by atoms with E-state index in [9.17, 15) is 4.79 Å². The summed E-state index contributed by atoms with van der Waals surface area (Å²) in [5.74, 6) is 0.555. The summed E-state index contributed by atoms with van der Waals surface area (Å²) < 4.78 is 6.99. The lowest BCUT2D eigenvalue weighted by atomic mass is 10.0.